The van der Waals surface area contributed by atoms with Crippen molar-refractivity contribution in [1.82, 2.24) is 4.98 Å². The summed E-state index contributed by atoms with van der Waals surface area (Å²) in [5, 5.41) is 1.27. The van der Waals surface area contributed by atoms with Crippen LogP contribution in [0.5, 0.6) is 0 Å². The lowest BCUT2D eigenvalue weighted by atomic mass is 9.97. The number of benzene rings is 1. The normalized spacial score (nSPS) is 13.1. The van der Waals surface area contributed by atoms with Crippen LogP contribution in [0.15, 0.2) is 54.6 Å². The molecular weight excluding hydrogens is 218 g/mol. The van der Waals surface area contributed by atoms with Crippen LogP contribution in [0.1, 0.15) is 25.1 Å². The van der Waals surface area contributed by atoms with E-state index in [9.17, 15) is 0 Å². The van der Waals surface area contributed by atoms with E-state index in [4.69, 9.17) is 0 Å². The zero-order chi connectivity index (χ0) is 13.1. The van der Waals surface area contributed by atoms with Crippen molar-refractivity contribution in [3.63, 3.8) is 0 Å². The van der Waals surface area contributed by atoms with Gasteiger partial charge in [-0.3, -0.25) is 0 Å². The summed E-state index contributed by atoms with van der Waals surface area (Å²) in [6, 6.07) is 8.41. The van der Waals surface area contributed by atoms with Crippen LogP contribution in [0.25, 0.3) is 16.5 Å². The predicted octanol–water partition coefficient (Wildman–Crippen LogP) is 5.01. The summed E-state index contributed by atoms with van der Waals surface area (Å²) in [6.45, 7) is 10.1. The van der Waals surface area contributed by atoms with E-state index in [0.29, 0.717) is 0 Å². The number of rotatable bonds is 3. The molecule has 0 aliphatic carbocycles. The number of H-pyrrole nitrogens is 1. The van der Waals surface area contributed by atoms with Gasteiger partial charge in [0.2, 0.25) is 0 Å². The SMILES string of the molecule is C=C/C(C)=C(\C=C/C)c1c(C)[nH]c2ccccc12. The summed E-state index contributed by atoms with van der Waals surface area (Å²) in [5.41, 5.74) is 6.10. The molecular formula is C17H19N. The molecule has 1 N–H and O–H groups in total. The number of aromatic amines is 1. The molecule has 2 aromatic rings. The molecule has 0 fully saturated rings. The van der Waals surface area contributed by atoms with E-state index < -0.39 is 0 Å². The Labute approximate surface area is 109 Å². The van der Waals surface area contributed by atoms with Gasteiger partial charge in [-0.1, -0.05) is 43.0 Å². The van der Waals surface area contributed by atoms with Crippen molar-refractivity contribution >= 4 is 16.5 Å². The Kier molecular flexibility index (Phi) is 3.52. The maximum absolute atomic E-state index is 3.88. The summed E-state index contributed by atoms with van der Waals surface area (Å²) in [6.07, 6.45) is 6.14. The smallest absolute Gasteiger partial charge is 0.0462 e. The molecule has 0 aliphatic rings. The molecule has 1 heteroatoms. The van der Waals surface area contributed by atoms with Crippen molar-refractivity contribution in [2.45, 2.75) is 20.8 Å². The summed E-state index contributed by atoms with van der Waals surface area (Å²) >= 11 is 0. The van der Waals surface area contributed by atoms with Gasteiger partial charge in [0.05, 0.1) is 0 Å². The fraction of sp³-hybridized carbons (Fsp3) is 0.176. The van der Waals surface area contributed by atoms with E-state index in [2.05, 4.69) is 61.8 Å². The second-order valence-corrected chi connectivity index (χ2v) is 4.47. The van der Waals surface area contributed by atoms with Gasteiger partial charge in [-0.2, -0.15) is 0 Å². The quantitative estimate of drug-likeness (QED) is 0.722. The fourth-order valence-electron chi connectivity index (χ4n) is 2.31. The van der Waals surface area contributed by atoms with Crippen LogP contribution in [0.4, 0.5) is 0 Å². The minimum atomic E-state index is 1.18. The van der Waals surface area contributed by atoms with Crippen LogP contribution < -0.4 is 0 Å². The molecule has 1 nitrogen and oxygen atoms in total. The number of aryl methyl sites for hydroxylation is 1. The number of allylic oxidation sites excluding steroid dienone is 5. The minimum Gasteiger partial charge on any atom is -0.358 e. The lowest BCUT2D eigenvalue weighted by molar-refractivity contribution is 1.28. The van der Waals surface area contributed by atoms with Gasteiger partial charge in [0.15, 0.2) is 0 Å². The maximum Gasteiger partial charge on any atom is 0.0462 e. The Morgan fingerprint density at radius 1 is 1.28 bits per heavy atom. The molecule has 0 unspecified atom stereocenters. The van der Waals surface area contributed by atoms with Crippen LogP contribution in [-0.4, -0.2) is 4.98 Å². The largest absolute Gasteiger partial charge is 0.358 e. The number of fused-ring (bicyclic) bond motifs is 1. The van der Waals surface area contributed by atoms with Crippen molar-refractivity contribution in [1.29, 1.82) is 0 Å². The monoisotopic (exact) mass is 237 g/mol. The topological polar surface area (TPSA) is 15.8 Å². The highest BCUT2D eigenvalue weighted by Gasteiger charge is 2.11. The van der Waals surface area contributed by atoms with E-state index in [1.807, 2.05) is 13.0 Å². The van der Waals surface area contributed by atoms with Crippen molar-refractivity contribution in [3.8, 4) is 0 Å². The highest BCUT2D eigenvalue weighted by molar-refractivity contribution is 5.97. The highest BCUT2D eigenvalue weighted by Crippen LogP contribution is 2.31. The Bertz CT molecular complexity index is 639. The Morgan fingerprint density at radius 3 is 2.67 bits per heavy atom. The lowest BCUT2D eigenvalue weighted by Gasteiger charge is -2.06. The molecule has 0 saturated heterocycles. The van der Waals surface area contributed by atoms with Crippen molar-refractivity contribution in [3.05, 3.63) is 65.9 Å². The third-order valence-electron chi connectivity index (χ3n) is 3.23. The number of aromatic nitrogens is 1. The summed E-state index contributed by atoms with van der Waals surface area (Å²) < 4.78 is 0. The van der Waals surface area contributed by atoms with E-state index in [1.165, 1.54) is 33.3 Å². The second kappa shape index (κ2) is 5.09. The summed E-state index contributed by atoms with van der Waals surface area (Å²) in [4.78, 5) is 3.44. The first-order valence-electron chi connectivity index (χ1n) is 6.22. The number of hydrogen-bond acceptors (Lipinski definition) is 0. The molecule has 0 amide bonds. The van der Waals surface area contributed by atoms with Gasteiger partial charge in [-0.25, -0.2) is 0 Å². The molecule has 1 aromatic heterocycles. The number of hydrogen-bond donors (Lipinski definition) is 1. The molecule has 92 valence electrons. The molecule has 0 saturated carbocycles. The van der Waals surface area contributed by atoms with E-state index in [0.717, 1.165) is 0 Å². The number of nitrogens with one attached hydrogen (secondary N) is 1. The zero-order valence-electron chi connectivity index (χ0n) is 11.2. The molecule has 2 rings (SSSR count). The molecule has 0 spiro atoms. The van der Waals surface area contributed by atoms with Gasteiger partial charge in [0.25, 0.3) is 0 Å². The first kappa shape index (κ1) is 12.4. The first-order chi connectivity index (χ1) is 8.69. The fourth-order valence-corrected chi connectivity index (χ4v) is 2.31. The first-order valence-corrected chi connectivity index (χ1v) is 6.22. The van der Waals surface area contributed by atoms with Crippen molar-refractivity contribution < 1.29 is 0 Å². The lowest BCUT2D eigenvalue weighted by Crippen LogP contribution is -1.86. The van der Waals surface area contributed by atoms with Gasteiger partial charge < -0.3 is 4.98 Å². The van der Waals surface area contributed by atoms with Gasteiger partial charge in [-0.05, 0) is 38.0 Å². The summed E-state index contributed by atoms with van der Waals surface area (Å²) in [7, 11) is 0. The van der Waals surface area contributed by atoms with Crippen molar-refractivity contribution in [2.75, 3.05) is 0 Å². The molecule has 0 aliphatic heterocycles. The van der Waals surface area contributed by atoms with Crippen LogP contribution in [-0.2, 0) is 0 Å². The Hall–Kier alpha value is -2.02. The van der Waals surface area contributed by atoms with E-state index in [1.54, 1.807) is 0 Å². The zero-order valence-corrected chi connectivity index (χ0v) is 11.2. The molecule has 0 atom stereocenters. The molecule has 1 heterocycles. The highest BCUT2D eigenvalue weighted by atomic mass is 14.7. The Morgan fingerprint density at radius 2 is 2.00 bits per heavy atom. The number of para-hydroxylation sites is 1. The maximum atomic E-state index is 3.88. The Balaban J connectivity index is 2.80. The average molecular weight is 237 g/mol. The van der Waals surface area contributed by atoms with Gasteiger partial charge >= 0.3 is 0 Å². The van der Waals surface area contributed by atoms with E-state index in [-0.39, 0.29) is 0 Å². The van der Waals surface area contributed by atoms with Crippen LogP contribution in [0.2, 0.25) is 0 Å². The van der Waals surface area contributed by atoms with Crippen LogP contribution in [0.3, 0.4) is 0 Å². The second-order valence-electron chi connectivity index (χ2n) is 4.47. The molecule has 1 aromatic carbocycles. The summed E-state index contributed by atoms with van der Waals surface area (Å²) in [5.74, 6) is 0. The molecule has 18 heavy (non-hydrogen) atoms. The van der Waals surface area contributed by atoms with Gasteiger partial charge in [-0.15, -0.1) is 0 Å². The average Bonchev–Trinajstić information content (AvgIpc) is 2.71. The minimum absolute atomic E-state index is 1.18. The van der Waals surface area contributed by atoms with Crippen LogP contribution in [0, 0.1) is 6.92 Å². The third-order valence-corrected chi connectivity index (χ3v) is 3.23. The third kappa shape index (κ3) is 2.04. The van der Waals surface area contributed by atoms with Gasteiger partial charge in [0.1, 0.15) is 0 Å². The molecule has 0 radical (unpaired) electrons. The van der Waals surface area contributed by atoms with Gasteiger partial charge in [0, 0.05) is 22.2 Å². The van der Waals surface area contributed by atoms with Crippen LogP contribution >= 0.6 is 0 Å². The predicted molar refractivity (Wildman–Crippen MR) is 80.6 cm³/mol. The van der Waals surface area contributed by atoms with Crippen molar-refractivity contribution in [2.24, 2.45) is 0 Å². The standard InChI is InChI=1S/C17H19N/c1-5-9-14(12(3)6-2)17-13(4)18-16-11-8-7-10-15(16)17/h5-11,18H,2H2,1,3-4H3/b9-5-,14-12+. The molecule has 0 bridgehead atoms. The van der Waals surface area contributed by atoms with E-state index >= 15 is 0 Å².